The van der Waals surface area contributed by atoms with Gasteiger partial charge in [0.1, 0.15) is 5.69 Å². The van der Waals surface area contributed by atoms with Gasteiger partial charge in [-0.25, -0.2) is 4.98 Å². The Bertz CT molecular complexity index is 537. The van der Waals surface area contributed by atoms with Gasteiger partial charge < -0.3 is 5.73 Å². The minimum Gasteiger partial charge on any atom is -0.364 e. The molecule has 0 radical (unpaired) electrons. The lowest BCUT2D eigenvalue weighted by Crippen LogP contribution is -2.14. The molecule has 2 heterocycles. The highest BCUT2D eigenvalue weighted by Crippen LogP contribution is 2.17. The molecule has 0 saturated heterocycles. The third-order valence-electron chi connectivity index (χ3n) is 2.43. The standard InChI is InChI=1S/C12H13N3O/c1-2-3-9-6-8-4-5-14-7-10(8)11(15-9)12(13)16/h4-7H,2-3H2,1H3,(H2,13,16). The number of hydrogen-bond donors (Lipinski definition) is 1. The van der Waals surface area contributed by atoms with Gasteiger partial charge in [0.05, 0.1) is 0 Å². The first-order chi connectivity index (χ1) is 7.72. The smallest absolute Gasteiger partial charge is 0.268 e. The molecule has 0 atom stereocenters. The van der Waals surface area contributed by atoms with Gasteiger partial charge in [-0.15, -0.1) is 0 Å². The second-order valence-corrected chi connectivity index (χ2v) is 3.67. The molecule has 0 aromatic carbocycles. The van der Waals surface area contributed by atoms with E-state index in [-0.39, 0.29) is 0 Å². The molecule has 1 amide bonds. The van der Waals surface area contributed by atoms with Crippen LogP contribution in [-0.4, -0.2) is 15.9 Å². The van der Waals surface area contributed by atoms with Gasteiger partial charge in [-0.05, 0) is 23.9 Å². The van der Waals surface area contributed by atoms with Crippen LogP contribution in [0.25, 0.3) is 10.8 Å². The normalized spacial score (nSPS) is 10.6. The highest BCUT2D eigenvalue weighted by atomic mass is 16.1. The molecular formula is C12H13N3O. The van der Waals surface area contributed by atoms with Crippen LogP contribution in [0.5, 0.6) is 0 Å². The van der Waals surface area contributed by atoms with Crippen molar-refractivity contribution in [1.29, 1.82) is 0 Å². The molecule has 0 fully saturated rings. The number of nitrogens with two attached hydrogens (primary N) is 1. The van der Waals surface area contributed by atoms with Crippen molar-refractivity contribution in [2.75, 3.05) is 0 Å². The fraction of sp³-hybridized carbons (Fsp3) is 0.250. The Hall–Kier alpha value is -1.97. The number of fused-ring (bicyclic) bond motifs is 1. The zero-order chi connectivity index (χ0) is 11.5. The van der Waals surface area contributed by atoms with Crippen LogP contribution >= 0.6 is 0 Å². The fourth-order valence-electron chi connectivity index (χ4n) is 1.72. The lowest BCUT2D eigenvalue weighted by atomic mass is 10.1. The van der Waals surface area contributed by atoms with Crippen LogP contribution < -0.4 is 5.73 Å². The Morgan fingerprint density at radius 2 is 2.31 bits per heavy atom. The zero-order valence-electron chi connectivity index (χ0n) is 9.10. The number of pyridine rings is 2. The van der Waals surface area contributed by atoms with E-state index in [1.807, 2.05) is 12.1 Å². The van der Waals surface area contributed by atoms with Crippen LogP contribution in [0.2, 0.25) is 0 Å². The van der Waals surface area contributed by atoms with Crippen molar-refractivity contribution >= 4 is 16.7 Å². The van der Waals surface area contributed by atoms with E-state index in [1.165, 1.54) is 0 Å². The van der Waals surface area contributed by atoms with Gasteiger partial charge >= 0.3 is 0 Å². The van der Waals surface area contributed by atoms with Crippen LogP contribution in [0.15, 0.2) is 24.5 Å². The van der Waals surface area contributed by atoms with Crippen molar-refractivity contribution < 1.29 is 4.79 Å². The third kappa shape index (κ3) is 1.86. The van der Waals surface area contributed by atoms with Crippen LogP contribution in [0, 0.1) is 0 Å². The Morgan fingerprint density at radius 1 is 1.50 bits per heavy atom. The molecule has 0 bridgehead atoms. The maximum absolute atomic E-state index is 11.3. The van der Waals surface area contributed by atoms with Crippen LogP contribution in [0.3, 0.4) is 0 Å². The van der Waals surface area contributed by atoms with Gasteiger partial charge in [0.2, 0.25) is 0 Å². The summed E-state index contributed by atoms with van der Waals surface area (Å²) in [6, 6.07) is 3.84. The Kier molecular flexibility index (Phi) is 2.81. The molecule has 2 rings (SSSR count). The zero-order valence-corrected chi connectivity index (χ0v) is 9.10. The van der Waals surface area contributed by atoms with Crippen molar-refractivity contribution in [1.82, 2.24) is 9.97 Å². The Labute approximate surface area is 93.5 Å². The van der Waals surface area contributed by atoms with E-state index in [2.05, 4.69) is 16.9 Å². The summed E-state index contributed by atoms with van der Waals surface area (Å²) < 4.78 is 0. The second-order valence-electron chi connectivity index (χ2n) is 3.67. The number of hydrogen-bond acceptors (Lipinski definition) is 3. The molecule has 0 aliphatic rings. The summed E-state index contributed by atoms with van der Waals surface area (Å²) in [5.74, 6) is -0.504. The number of primary amides is 1. The number of amides is 1. The Balaban J connectivity index is 2.68. The summed E-state index contributed by atoms with van der Waals surface area (Å²) in [7, 11) is 0. The molecule has 4 heteroatoms. The van der Waals surface area contributed by atoms with E-state index in [9.17, 15) is 4.79 Å². The first-order valence-electron chi connectivity index (χ1n) is 5.26. The molecule has 82 valence electrons. The first-order valence-corrected chi connectivity index (χ1v) is 5.26. The van der Waals surface area contributed by atoms with Crippen molar-refractivity contribution in [3.8, 4) is 0 Å². The highest BCUT2D eigenvalue weighted by Gasteiger charge is 2.10. The second kappa shape index (κ2) is 4.26. The van der Waals surface area contributed by atoms with Crippen molar-refractivity contribution in [2.45, 2.75) is 19.8 Å². The van der Waals surface area contributed by atoms with Gasteiger partial charge in [0, 0.05) is 23.5 Å². The molecule has 2 aromatic heterocycles. The predicted octanol–water partition coefficient (Wildman–Crippen LogP) is 1.68. The minimum atomic E-state index is -0.504. The fourth-order valence-corrected chi connectivity index (χ4v) is 1.72. The summed E-state index contributed by atoms with van der Waals surface area (Å²) in [6.45, 7) is 2.07. The third-order valence-corrected chi connectivity index (χ3v) is 2.43. The largest absolute Gasteiger partial charge is 0.364 e. The molecule has 0 aliphatic heterocycles. The van der Waals surface area contributed by atoms with Crippen molar-refractivity contribution in [2.24, 2.45) is 5.73 Å². The summed E-state index contributed by atoms with van der Waals surface area (Å²) in [6.07, 6.45) is 5.15. The van der Waals surface area contributed by atoms with Crippen LogP contribution in [0.1, 0.15) is 29.5 Å². The number of rotatable bonds is 3. The lowest BCUT2D eigenvalue weighted by molar-refractivity contribution is 0.0997. The molecule has 0 aliphatic carbocycles. The number of nitrogens with zero attached hydrogens (tertiary/aromatic N) is 2. The first kappa shape index (κ1) is 10.5. The average Bonchev–Trinajstić information content (AvgIpc) is 2.28. The van der Waals surface area contributed by atoms with E-state index in [0.717, 1.165) is 29.3 Å². The number of carbonyl (C=O) groups excluding carboxylic acids is 1. The van der Waals surface area contributed by atoms with Gasteiger partial charge in [-0.1, -0.05) is 13.3 Å². The lowest BCUT2D eigenvalue weighted by Gasteiger charge is -2.05. The van der Waals surface area contributed by atoms with Gasteiger partial charge in [-0.3, -0.25) is 9.78 Å². The van der Waals surface area contributed by atoms with Crippen LogP contribution in [-0.2, 0) is 6.42 Å². The number of aryl methyl sites for hydroxylation is 1. The van der Waals surface area contributed by atoms with Gasteiger partial charge in [0.25, 0.3) is 5.91 Å². The monoisotopic (exact) mass is 215 g/mol. The quantitative estimate of drug-likeness (QED) is 0.846. The average molecular weight is 215 g/mol. The van der Waals surface area contributed by atoms with E-state index < -0.39 is 5.91 Å². The summed E-state index contributed by atoms with van der Waals surface area (Å²) in [4.78, 5) is 19.6. The highest BCUT2D eigenvalue weighted by molar-refractivity contribution is 6.04. The predicted molar refractivity (Wildman–Crippen MR) is 62.1 cm³/mol. The maximum atomic E-state index is 11.3. The molecular weight excluding hydrogens is 202 g/mol. The van der Waals surface area contributed by atoms with E-state index >= 15 is 0 Å². The van der Waals surface area contributed by atoms with E-state index in [0.29, 0.717) is 5.69 Å². The molecule has 2 N–H and O–H groups in total. The summed E-state index contributed by atoms with van der Waals surface area (Å²) in [5.41, 5.74) is 6.53. The molecule has 16 heavy (non-hydrogen) atoms. The maximum Gasteiger partial charge on any atom is 0.268 e. The number of aromatic nitrogens is 2. The number of carbonyl (C=O) groups is 1. The van der Waals surface area contributed by atoms with Crippen molar-refractivity contribution in [3.63, 3.8) is 0 Å². The molecule has 0 spiro atoms. The topological polar surface area (TPSA) is 68.9 Å². The minimum absolute atomic E-state index is 0.314. The molecule has 4 nitrogen and oxygen atoms in total. The Morgan fingerprint density at radius 3 is 3.00 bits per heavy atom. The van der Waals surface area contributed by atoms with E-state index in [1.54, 1.807) is 12.4 Å². The molecule has 2 aromatic rings. The van der Waals surface area contributed by atoms with Crippen LogP contribution in [0.4, 0.5) is 0 Å². The van der Waals surface area contributed by atoms with Gasteiger partial charge in [0.15, 0.2) is 0 Å². The van der Waals surface area contributed by atoms with Gasteiger partial charge in [-0.2, -0.15) is 0 Å². The SMILES string of the molecule is CCCc1cc2ccncc2c(C(N)=O)n1. The molecule has 0 unspecified atom stereocenters. The summed E-state index contributed by atoms with van der Waals surface area (Å²) in [5, 5.41) is 1.68. The van der Waals surface area contributed by atoms with Crippen molar-refractivity contribution in [3.05, 3.63) is 35.9 Å². The molecule has 0 saturated carbocycles. The summed E-state index contributed by atoms with van der Waals surface area (Å²) >= 11 is 0. The van der Waals surface area contributed by atoms with E-state index in [4.69, 9.17) is 5.73 Å².